The van der Waals surface area contributed by atoms with Gasteiger partial charge in [0.2, 0.25) is 5.91 Å². The van der Waals surface area contributed by atoms with Gasteiger partial charge in [-0.25, -0.2) is 15.0 Å². The van der Waals surface area contributed by atoms with Gasteiger partial charge in [0.15, 0.2) is 0 Å². The van der Waals surface area contributed by atoms with Crippen molar-refractivity contribution in [3.8, 4) is 11.3 Å². The topological polar surface area (TPSA) is 128 Å². The van der Waals surface area contributed by atoms with Crippen molar-refractivity contribution < 1.29 is 27.5 Å². The molecule has 0 unspecified atom stereocenters. The molecule has 2 aliphatic heterocycles. The molecule has 0 saturated carbocycles. The van der Waals surface area contributed by atoms with E-state index < -0.39 is 23.1 Å². The molecule has 4 aromatic rings. The minimum Gasteiger partial charge on any atom is -0.382 e. The van der Waals surface area contributed by atoms with Crippen LogP contribution in [0.3, 0.4) is 0 Å². The van der Waals surface area contributed by atoms with Crippen LogP contribution in [-0.4, -0.2) is 62.4 Å². The second kappa shape index (κ2) is 10.6. The Labute approximate surface area is 245 Å². The Hall–Kier alpha value is -4.52. The monoisotopic (exact) mass is 593 g/mol. The van der Waals surface area contributed by atoms with Crippen LogP contribution in [0.25, 0.3) is 16.8 Å². The van der Waals surface area contributed by atoms with Crippen molar-refractivity contribution in [3.05, 3.63) is 71.9 Å². The van der Waals surface area contributed by atoms with Gasteiger partial charge < -0.3 is 20.7 Å². The van der Waals surface area contributed by atoms with Gasteiger partial charge in [-0.05, 0) is 43.5 Å². The number of anilines is 2. The van der Waals surface area contributed by atoms with Crippen molar-refractivity contribution in [2.45, 2.75) is 32.4 Å². The van der Waals surface area contributed by atoms with E-state index in [1.165, 1.54) is 0 Å². The predicted octanol–water partition coefficient (Wildman–Crippen LogP) is 4.63. The fourth-order valence-electron chi connectivity index (χ4n) is 5.84. The minimum absolute atomic E-state index is 0.0506. The summed E-state index contributed by atoms with van der Waals surface area (Å²) in [6.07, 6.45) is 0.675. The first-order valence-electron chi connectivity index (χ1n) is 13.9. The largest absolute Gasteiger partial charge is 0.416 e. The standard InChI is InChI=1S/C30H30F3N7O3/c1-17-11-20(14-39(13-17)28(42)29(2)15-43-16-29)26-38-23(24-25(34)36-9-10-40(24)26)18-3-5-19(6-4-18)27(41)37-22-12-21(7-8-35-22)30(31,32)33/h3-10,12,17,20H,11,13-16H2,1-2H3,(H2,34,36)(H,35,37,41)/t17-,20+/m0/s1. The summed E-state index contributed by atoms with van der Waals surface area (Å²) in [4.78, 5) is 41.1. The van der Waals surface area contributed by atoms with Gasteiger partial charge in [-0.3, -0.25) is 14.0 Å². The number of rotatable bonds is 5. The first kappa shape index (κ1) is 28.6. The van der Waals surface area contributed by atoms with Crippen LogP contribution >= 0.6 is 0 Å². The zero-order valence-corrected chi connectivity index (χ0v) is 23.6. The van der Waals surface area contributed by atoms with E-state index in [4.69, 9.17) is 15.5 Å². The minimum atomic E-state index is -4.56. The fourth-order valence-corrected chi connectivity index (χ4v) is 5.84. The van der Waals surface area contributed by atoms with Gasteiger partial charge in [-0.15, -0.1) is 0 Å². The van der Waals surface area contributed by atoms with Gasteiger partial charge in [0.1, 0.15) is 28.7 Å². The third kappa shape index (κ3) is 5.40. The fraction of sp³-hybridized carbons (Fsp3) is 0.367. The molecular formula is C30H30F3N7O3. The number of pyridine rings is 1. The Morgan fingerprint density at radius 1 is 1.09 bits per heavy atom. The number of hydrogen-bond acceptors (Lipinski definition) is 7. The number of amides is 2. The van der Waals surface area contributed by atoms with Crippen LogP contribution in [0, 0.1) is 11.3 Å². The molecule has 0 aliphatic carbocycles. The van der Waals surface area contributed by atoms with E-state index in [1.807, 2.05) is 16.2 Å². The van der Waals surface area contributed by atoms with Crippen LogP contribution in [-0.2, 0) is 15.7 Å². The highest BCUT2D eigenvalue weighted by molar-refractivity contribution is 6.04. The molecule has 2 fully saturated rings. The van der Waals surface area contributed by atoms with Crippen molar-refractivity contribution >= 4 is 29.0 Å². The normalized spacial score (nSPS) is 20.1. The number of aromatic nitrogens is 4. The lowest BCUT2D eigenvalue weighted by Crippen LogP contribution is -2.56. The molecule has 0 bridgehead atoms. The second-order valence-electron chi connectivity index (χ2n) is 11.6. The predicted molar refractivity (Wildman–Crippen MR) is 152 cm³/mol. The quantitative estimate of drug-likeness (QED) is 0.345. The molecule has 2 amide bonds. The lowest BCUT2D eigenvalue weighted by molar-refractivity contribution is -0.170. The molecule has 0 spiro atoms. The van der Waals surface area contributed by atoms with Crippen LogP contribution in [0.2, 0.25) is 0 Å². The van der Waals surface area contributed by atoms with Crippen molar-refractivity contribution in [1.82, 2.24) is 24.3 Å². The average Bonchev–Trinajstić information content (AvgIpc) is 3.36. The van der Waals surface area contributed by atoms with E-state index in [-0.39, 0.29) is 34.9 Å². The van der Waals surface area contributed by atoms with E-state index >= 15 is 0 Å². The molecule has 224 valence electrons. The van der Waals surface area contributed by atoms with Crippen LogP contribution < -0.4 is 11.1 Å². The van der Waals surface area contributed by atoms with Crippen molar-refractivity contribution in [2.75, 3.05) is 37.4 Å². The van der Waals surface area contributed by atoms with E-state index in [1.54, 1.807) is 36.7 Å². The van der Waals surface area contributed by atoms with E-state index in [9.17, 15) is 22.8 Å². The molecule has 2 atom stereocenters. The smallest absolute Gasteiger partial charge is 0.382 e. The number of nitrogens with two attached hydrogens (primary N) is 1. The van der Waals surface area contributed by atoms with Gasteiger partial charge in [0.05, 0.1) is 24.2 Å². The van der Waals surface area contributed by atoms with Crippen molar-refractivity contribution in [1.29, 1.82) is 0 Å². The number of imidazole rings is 1. The summed E-state index contributed by atoms with van der Waals surface area (Å²) in [5.41, 5.74) is 7.00. The Bertz CT molecular complexity index is 1700. The number of fused-ring (bicyclic) bond motifs is 1. The van der Waals surface area contributed by atoms with E-state index in [0.717, 1.165) is 30.6 Å². The molecule has 0 radical (unpaired) electrons. The number of alkyl halides is 3. The van der Waals surface area contributed by atoms with Crippen LogP contribution in [0.15, 0.2) is 55.0 Å². The number of nitrogens with one attached hydrogen (secondary N) is 1. The third-order valence-electron chi connectivity index (χ3n) is 8.03. The first-order valence-corrected chi connectivity index (χ1v) is 13.9. The molecule has 13 heteroatoms. The number of nitrogens with zero attached hydrogens (tertiary/aromatic N) is 5. The summed E-state index contributed by atoms with van der Waals surface area (Å²) < 4.78 is 46.4. The molecule has 2 saturated heterocycles. The number of piperidine rings is 1. The third-order valence-corrected chi connectivity index (χ3v) is 8.03. The number of likely N-dealkylation sites (tertiary alicyclic amines) is 1. The summed E-state index contributed by atoms with van der Waals surface area (Å²) in [6, 6.07) is 8.12. The Morgan fingerprint density at radius 2 is 1.84 bits per heavy atom. The summed E-state index contributed by atoms with van der Waals surface area (Å²) >= 11 is 0. The van der Waals surface area contributed by atoms with Crippen molar-refractivity contribution in [2.24, 2.45) is 11.3 Å². The highest BCUT2D eigenvalue weighted by Crippen LogP contribution is 2.38. The highest BCUT2D eigenvalue weighted by atomic mass is 19.4. The second-order valence-corrected chi connectivity index (χ2v) is 11.6. The molecular weight excluding hydrogens is 563 g/mol. The number of carbonyl (C=O) groups is 2. The lowest BCUT2D eigenvalue weighted by atomic mass is 9.83. The highest BCUT2D eigenvalue weighted by Gasteiger charge is 2.45. The number of benzene rings is 1. The number of halogens is 3. The Balaban J connectivity index is 1.28. The van der Waals surface area contributed by atoms with Crippen molar-refractivity contribution in [3.63, 3.8) is 0 Å². The molecule has 5 heterocycles. The molecule has 2 aliphatic rings. The summed E-state index contributed by atoms with van der Waals surface area (Å²) in [7, 11) is 0. The first-order chi connectivity index (χ1) is 20.4. The number of hydrogen-bond donors (Lipinski definition) is 2. The zero-order chi connectivity index (χ0) is 30.5. The van der Waals surface area contributed by atoms with E-state index in [2.05, 4.69) is 22.2 Å². The number of nitrogen functional groups attached to an aromatic ring is 1. The van der Waals surface area contributed by atoms with Gasteiger partial charge in [-0.2, -0.15) is 13.2 Å². The van der Waals surface area contributed by atoms with E-state index in [0.29, 0.717) is 43.1 Å². The zero-order valence-electron chi connectivity index (χ0n) is 23.6. The summed E-state index contributed by atoms with van der Waals surface area (Å²) in [5, 5.41) is 2.41. The maximum Gasteiger partial charge on any atom is 0.416 e. The number of ether oxygens (including phenoxy) is 1. The summed E-state index contributed by atoms with van der Waals surface area (Å²) in [6.45, 7) is 6.08. The van der Waals surface area contributed by atoms with Crippen LogP contribution in [0.4, 0.5) is 24.8 Å². The maximum atomic E-state index is 13.3. The summed E-state index contributed by atoms with van der Waals surface area (Å²) in [5.74, 6) is 0.519. The Kier molecular flexibility index (Phi) is 7.07. The molecule has 10 nitrogen and oxygen atoms in total. The van der Waals surface area contributed by atoms with Crippen LogP contribution in [0.5, 0.6) is 0 Å². The van der Waals surface area contributed by atoms with Crippen LogP contribution in [0.1, 0.15) is 47.9 Å². The van der Waals surface area contributed by atoms with Gasteiger partial charge in [-0.1, -0.05) is 19.1 Å². The maximum absolute atomic E-state index is 13.3. The van der Waals surface area contributed by atoms with Gasteiger partial charge in [0.25, 0.3) is 5.91 Å². The Morgan fingerprint density at radius 3 is 2.51 bits per heavy atom. The SMILES string of the molecule is C[C@H]1C[C@@H](c2nc(-c3ccc(C(=O)Nc4cc(C(F)(F)F)ccn4)cc3)c3c(N)nccn23)CN(C(=O)C2(C)COC2)C1. The molecule has 3 N–H and O–H groups in total. The van der Waals surface area contributed by atoms with Gasteiger partial charge in [0, 0.05) is 48.7 Å². The van der Waals surface area contributed by atoms with Gasteiger partial charge >= 0.3 is 6.18 Å². The lowest BCUT2D eigenvalue weighted by Gasteiger charge is -2.44. The number of carbonyl (C=O) groups excluding carboxylic acids is 2. The molecule has 43 heavy (non-hydrogen) atoms. The molecule has 1 aromatic carbocycles. The molecule has 3 aromatic heterocycles. The average molecular weight is 594 g/mol. The molecule has 6 rings (SSSR count).